The molecule has 7 heteroatoms. The minimum absolute atomic E-state index is 0. The largest absolute Gasteiger partial charge is 0.496 e. The Morgan fingerprint density at radius 3 is 1.50 bits per heavy atom. The van der Waals surface area contributed by atoms with Crippen molar-refractivity contribution in [2.24, 2.45) is 0 Å². The fourth-order valence-electron chi connectivity index (χ4n) is 2.18. The monoisotopic (exact) mass is 518 g/mol. The standard InChI is InChI=1S/C10H11BrO2.C9H9BrO3.2CH4/c1-6-4-9(11)8(7(2)12)5-10(6)13-3;1-5-3-7(10)6(9(11)12)4-8(5)13-2;;/h4-5H,1-3H3;3-4H,1-2H3,(H,11,12);2*1H4. The van der Waals surface area contributed by atoms with Crippen molar-refractivity contribution < 1.29 is 24.2 Å². The van der Waals surface area contributed by atoms with Crippen LogP contribution in [-0.4, -0.2) is 31.1 Å². The molecule has 0 saturated carbocycles. The number of aryl methyl sites for hydroxylation is 2. The first-order valence-corrected chi connectivity index (χ1v) is 9.13. The predicted octanol–water partition coefficient (Wildman–Crippen LogP) is 6.71. The quantitative estimate of drug-likeness (QED) is 0.454. The Bertz CT molecular complexity index is 763. The first-order valence-electron chi connectivity index (χ1n) is 7.54. The molecule has 0 heterocycles. The molecule has 5 nitrogen and oxygen atoms in total. The fourth-order valence-corrected chi connectivity index (χ4v) is 3.54. The number of rotatable bonds is 4. The lowest BCUT2D eigenvalue weighted by Crippen LogP contribution is -1.99. The van der Waals surface area contributed by atoms with E-state index in [4.69, 9.17) is 14.6 Å². The molecule has 28 heavy (non-hydrogen) atoms. The molecule has 2 aromatic carbocycles. The van der Waals surface area contributed by atoms with Gasteiger partial charge >= 0.3 is 5.97 Å². The highest BCUT2D eigenvalue weighted by atomic mass is 79.9. The van der Waals surface area contributed by atoms with Gasteiger partial charge in [0.15, 0.2) is 5.78 Å². The van der Waals surface area contributed by atoms with E-state index >= 15 is 0 Å². The summed E-state index contributed by atoms with van der Waals surface area (Å²) in [5, 5.41) is 8.79. The first kappa shape index (κ1) is 28.4. The summed E-state index contributed by atoms with van der Waals surface area (Å²) in [6.45, 7) is 5.33. The van der Waals surface area contributed by atoms with Crippen LogP contribution in [0.3, 0.4) is 0 Å². The van der Waals surface area contributed by atoms with Gasteiger partial charge in [0.25, 0.3) is 0 Å². The summed E-state index contributed by atoms with van der Waals surface area (Å²) in [7, 11) is 3.11. The number of methoxy groups -OCH3 is 2. The smallest absolute Gasteiger partial charge is 0.336 e. The summed E-state index contributed by atoms with van der Waals surface area (Å²) in [5.41, 5.74) is 2.78. The lowest BCUT2D eigenvalue weighted by atomic mass is 10.1. The number of hydrogen-bond acceptors (Lipinski definition) is 4. The maximum atomic E-state index is 11.2. The van der Waals surface area contributed by atoms with Crippen molar-refractivity contribution in [2.45, 2.75) is 35.6 Å². The summed E-state index contributed by atoms with van der Waals surface area (Å²) in [5.74, 6) is 0.393. The van der Waals surface area contributed by atoms with Gasteiger partial charge in [-0.25, -0.2) is 4.79 Å². The number of carbonyl (C=O) groups is 2. The number of aromatic carboxylic acids is 1. The number of carboxylic acid groups (broad SMARTS) is 1. The molecular weight excluding hydrogens is 492 g/mol. The van der Waals surface area contributed by atoms with E-state index < -0.39 is 5.97 Å². The lowest BCUT2D eigenvalue weighted by Gasteiger charge is -2.07. The maximum Gasteiger partial charge on any atom is 0.336 e. The first-order chi connectivity index (χ1) is 12.1. The third kappa shape index (κ3) is 7.28. The molecule has 0 aliphatic rings. The molecule has 156 valence electrons. The molecule has 0 amide bonds. The van der Waals surface area contributed by atoms with Crippen molar-refractivity contribution in [1.82, 2.24) is 0 Å². The van der Waals surface area contributed by atoms with Crippen LogP contribution in [-0.2, 0) is 0 Å². The topological polar surface area (TPSA) is 72.8 Å². The molecule has 0 spiro atoms. The van der Waals surface area contributed by atoms with Crippen molar-refractivity contribution >= 4 is 43.6 Å². The van der Waals surface area contributed by atoms with Gasteiger partial charge in [0.1, 0.15) is 11.5 Å². The van der Waals surface area contributed by atoms with Gasteiger partial charge in [-0.15, -0.1) is 0 Å². The van der Waals surface area contributed by atoms with Crippen molar-refractivity contribution in [2.75, 3.05) is 14.2 Å². The van der Waals surface area contributed by atoms with Gasteiger partial charge in [0.05, 0.1) is 19.8 Å². The zero-order valence-electron chi connectivity index (χ0n) is 15.1. The highest BCUT2D eigenvalue weighted by molar-refractivity contribution is 9.10. The molecule has 1 N–H and O–H groups in total. The Labute approximate surface area is 184 Å². The van der Waals surface area contributed by atoms with Gasteiger partial charge in [-0.1, -0.05) is 30.8 Å². The number of Topliss-reactive ketones (excluding diaryl/α,β-unsaturated/α-hetero) is 1. The highest BCUT2D eigenvalue weighted by Gasteiger charge is 2.11. The zero-order chi connectivity index (χ0) is 20.0. The minimum atomic E-state index is -0.967. The second-order valence-corrected chi connectivity index (χ2v) is 7.17. The molecule has 0 aromatic heterocycles. The third-order valence-electron chi connectivity index (χ3n) is 3.58. The average molecular weight is 520 g/mol. The van der Waals surface area contributed by atoms with Crippen LogP contribution in [0.15, 0.2) is 33.2 Å². The van der Waals surface area contributed by atoms with Crippen LogP contribution in [0.1, 0.15) is 53.6 Å². The van der Waals surface area contributed by atoms with Crippen molar-refractivity contribution in [1.29, 1.82) is 0 Å². The van der Waals surface area contributed by atoms with Crippen LogP contribution < -0.4 is 9.47 Å². The van der Waals surface area contributed by atoms with Crippen LogP contribution in [0.25, 0.3) is 0 Å². The molecule has 2 rings (SSSR count). The molecule has 0 aliphatic heterocycles. The van der Waals surface area contributed by atoms with E-state index in [9.17, 15) is 9.59 Å². The SMILES string of the molecule is C.C.COc1cc(C(=O)O)c(Br)cc1C.COc1cc(C(C)=O)c(Br)cc1C. The van der Waals surface area contributed by atoms with Gasteiger partial charge in [0.2, 0.25) is 0 Å². The maximum absolute atomic E-state index is 11.2. The number of carbonyl (C=O) groups excluding carboxylic acids is 1. The van der Waals surface area contributed by atoms with E-state index in [-0.39, 0.29) is 26.2 Å². The summed E-state index contributed by atoms with van der Waals surface area (Å²) in [6, 6.07) is 6.86. The Balaban J connectivity index is 0. The second-order valence-electron chi connectivity index (χ2n) is 5.46. The summed E-state index contributed by atoms with van der Waals surface area (Å²) in [6.07, 6.45) is 0. The average Bonchev–Trinajstić information content (AvgIpc) is 2.55. The van der Waals surface area contributed by atoms with Gasteiger partial charge in [-0.2, -0.15) is 0 Å². The molecule has 2 aromatic rings. The Morgan fingerprint density at radius 2 is 1.18 bits per heavy atom. The number of ether oxygens (including phenoxy) is 2. The van der Waals surface area contributed by atoms with Crippen molar-refractivity contribution in [3.8, 4) is 11.5 Å². The van der Waals surface area contributed by atoms with Gasteiger partial charge in [-0.05, 0) is 72.1 Å². The van der Waals surface area contributed by atoms with E-state index in [0.717, 1.165) is 21.3 Å². The molecule has 0 fully saturated rings. The Kier molecular flexibility index (Phi) is 12.7. The predicted molar refractivity (Wildman–Crippen MR) is 121 cm³/mol. The lowest BCUT2D eigenvalue weighted by molar-refractivity contribution is 0.0695. The van der Waals surface area contributed by atoms with E-state index in [0.29, 0.717) is 15.8 Å². The molecule has 0 aliphatic carbocycles. The van der Waals surface area contributed by atoms with E-state index in [1.54, 1.807) is 19.2 Å². The number of ketones is 1. The Hall–Kier alpha value is -1.86. The highest BCUT2D eigenvalue weighted by Crippen LogP contribution is 2.27. The van der Waals surface area contributed by atoms with E-state index in [1.165, 1.54) is 20.1 Å². The van der Waals surface area contributed by atoms with Crippen LogP contribution in [0.4, 0.5) is 0 Å². The summed E-state index contributed by atoms with van der Waals surface area (Å²) < 4.78 is 11.5. The number of hydrogen-bond donors (Lipinski definition) is 1. The molecular formula is C21H28Br2O5. The summed E-state index contributed by atoms with van der Waals surface area (Å²) in [4.78, 5) is 21.9. The summed E-state index contributed by atoms with van der Waals surface area (Å²) >= 11 is 6.51. The van der Waals surface area contributed by atoms with Crippen molar-refractivity contribution in [3.63, 3.8) is 0 Å². The fraction of sp³-hybridized carbons (Fsp3) is 0.333. The molecule has 0 unspecified atom stereocenters. The molecule has 0 bridgehead atoms. The van der Waals surface area contributed by atoms with Crippen LogP contribution >= 0.6 is 31.9 Å². The molecule has 0 atom stereocenters. The van der Waals surface area contributed by atoms with Gasteiger partial charge < -0.3 is 14.6 Å². The third-order valence-corrected chi connectivity index (χ3v) is 4.89. The number of halogens is 2. The van der Waals surface area contributed by atoms with Crippen LogP contribution in [0.2, 0.25) is 0 Å². The van der Waals surface area contributed by atoms with E-state index in [2.05, 4.69) is 31.9 Å². The molecule has 0 radical (unpaired) electrons. The molecule has 0 saturated heterocycles. The van der Waals surface area contributed by atoms with Crippen LogP contribution in [0.5, 0.6) is 11.5 Å². The Morgan fingerprint density at radius 1 is 0.821 bits per heavy atom. The van der Waals surface area contributed by atoms with Gasteiger partial charge in [-0.3, -0.25) is 4.79 Å². The zero-order valence-corrected chi connectivity index (χ0v) is 18.3. The van der Waals surface area contributed by atoms with E-state index in [1.807, 2.05) is 19.9 Å². The number of benzene rings is 2. The number of carboxylic acids is 1. The minimum Gasteiger partial charge on any atom is -0.496 e. The van der Waals surface area contributed by atoms with Crippen LogP contribution in [0, 0.1) is 13.8 Å². The van der Waals surface area contributed by atoms with Gasteiger partial charge in [0, 0.05) is 14.5 Å². The second kappa shape index (κ2) is 12.6. The van der Waals surface area contributed by atoms with Crippen molar-refractivity contribution in [3.05, 3.63) is 55.5 Å². The normalized spacial score (nSPS) is 9.11.